The first-order valence-corrected chi connectivity index (χ1v) is 16.5. The second kappa shape index (κ2) is 14.0. The summed E-state index contributed by atoms with van der Waals surface area (Å²) in [5.74, 6) is 0.759. The number of fused-ring (bicyclic) bond motifs is 2. The molecule has 4 N–H and O–H groups in total. The molecule has 5 atom stereocenters. The Labute approximate surface area is 258 Å². The van der Waals surface area contributed by atoms with E-state index in [0.29, 0.717) is 31.1 Å². The van der Waals surface area contributed by atoms with E-state index in [4.69, 9.17) is 29.4 Å². The molecular formula is C31H43N3O9S. The Morgan fingerprint density at radius 1 is 1.16 bits per heavy atom. The van der Waals surface area contributed by atoms with Crippen LogP contribution in [0.2, 0.25) is 0 Å². The Hall–Kier alpha value is -2.94. The van der Waals surface area contributed by atoms with Crippen LogP contribution in [0, 0.1) is 11.3 Å². The van der Waals surface area contributed by atoms with Gasteiger partial charge >= 0.3 is 6.09 Å². The van der Waals surface area contributed by atoms with E-state index in [1.54, 1.807) is 6.07 Å². The Bertz CT molecular complexity index is 1370. The van der Waals surface area contributed by atoms with E-state index in [2.05, 4.69) is 5.32 Å². The van der Waals surface area contributed by atoms with Crippen LogP contribution in [0.4, 0.5) is 4.79 Å². The molecule has 2 aromatic carbocycles. The molecule has 0 aromatic heterocycles. The lowest BCUT2D eigenvalue weighted by atomic mass is 9.87. The molecule has 0 unspecified atom stereocenters. The van der Waals surface area contributed by atoms with Crippen molar-refractivity contribution >= 4 is 16.1 Å². The zero-order valence-electron chi connectivity index (χ0n) is 25.2. The fourth-order valence-electron chi connectivity index (χ4n) is 5.93. The zero-order chi connectivity index (χ0) is 31.3. The van der Waals surface area contributed by atoms with Gasteiger partial charge < -0.3 is 39.8 Å². The van der Waals surface area contributed by atoms with Crippen molar-refractivity contribution in [3.8, 4) is 11.5 Å². The third-order valence-electron chi connectivity index (χ3n) is 8.34. The van der Waals surface area contributed by atoms with Gasteiger partial charge in [0.25, 0.3) is 0 Å². The Kier molecular flexibility index (Phi) is 10.3. The summed E-state index contributed by atoms with van der Waals surface area (Å²) in [6.07, 6.45) is -0.457. The van der Waals surface area contributed by atoms with E-state index >= 15 is 0 Å². The zero-order valence-corrected chi connectivity index (χ0v) is 26.0. The highest BCUT2D eigenvalue weighted by molar-refractivity contribution is 7.89. The number of rotatable bonds is 14. The Morgan fingerprint density at radius 3 is 2.70 bits per heavy atom. The largest absolute Gasteiger partial charge is 0.454 e. The molecule has 44 heavy (non-hydrogen) atoms. The van der Waals surface area contributed by atoms with Crippen molar-refractivity contribution in [1.29, 1.82) is 0 Å². The topological polar surface area (TPSA) is 159 Å². The maximum Gasteiger partial charge on any atom is 0.407 e. The first kappa shape index (κ1) is 32.5. The van der Waals surface area contributed by atoms with Crippen molar-refractivity contribution in [2.24, 2.45) is 17.1 Å². The average Bonchev–Trinajstić information content (AvgIpc) is 3.74. The van der Waals surface area contributed by atoms with E-state index in [-0.39, 0.29) is 50.0 Å². The van der Waals surface area contributed by atoms with Crippen LogP contribution >= 0.6 is 0 Å². The fraction of sp³-hybridized carbons (Fsp3) is 0.581. The lowest BCUT2D eigenvalue weighted by Crippen LogP contribution is -2.52. The molecule has 2 aromatic rings. The third-order valence-corrected chi connectivity index (χ3v) is 10.2. The lowest BCUT2D eigenvalue weighted by Gasteiger charge is -2.35. The van der Waals surface area contributed by atoms with Gasteiger partial charge in [-0.15, -0.1) is 0 Å². The number of nitrogens with zero attached hydrogens (tertiary/aromatic N) is 1. The van der Waals surface area contributed by atoms with E-state index in [0.717, 1.165) is 18.4 Å². The summed E-state index contributed by atoms with van der Waals surface area (Å²) in [5, 5.41) is 14.5. The van der Waals surface area contributed by atoms with Crippen LogP contribution in [-0.2, 0) is 30.7 Å². The summed E-state index contributed by atoms with van der Waals surface area (Å²) in [6.45, 7) is 5.05. The molecule has 2 saturated heterocycles. The molecule has 1 amide bonds. The fourth-order valence-corrected chi connectivity index (χ4v) is 7.59. The number of sulfonamides is 1. The molecule has 13 heteroatoms. The molecule has 0 radical (unpaired) electrons. The Morgan fingerprint density at radius 2 is 1.93 bits per heavy atom. The van der Waals surface area contributed by atoms with Gasteiger partial charge in [-0.2, -0.15) is 4.31 Å². The number of hydrogen-bond donors (Lipinski definition) is 3. The predicted molar refractivity (Wildman–Crippen MR) is 161 cm³/mol. The number of amides is 1. The highest BCUT2D eigenvalue weighted by Gasteiger charge is 2.44. The molecule has 3 aliphatic heterocycles. The minimum atomic E-state index is -4.11. The summed E-state index contributed by atoms with van der Waals surface area (Å²) < 4.78 is 57.1. The summed E-state index contributed by atoms with van der Waals surface area (Å²) >= 11 is 0. The molecule has 0 spiro atoms. The van der Waals surface area contributed by atoms with Gasteiger partial charge in [-0.25, -0.2) is 13.2 Å². The minimum absolute atomic E-state index is 0.0116. The molecule has 3 aliphatic rings. The van der Waals surface area contributed by atoms with Crippen LogP contribution in [-0.4, -0.2) is 88.1 Å². The normalized spacial score (nSPS) is 22.5. The van der Waals surface area contributed by atoms with E-state index in [9.17, 15) is 18.3 Å². The molecule has 12 nitrogen and oxygen atoms in total. The summed E-state index contributed by atoms with van der Waals surface area (Å²) in [6, 6.07) is 13.0. The predicted octanol–water partition coefficient (Wildman–Crippen LogP) is 2.63. The number of carbonyl (C=O) groups is 1. The maximum absolute atomic E-state index is 14.1. The van der Waals surface area contributed by atoms with Crippen LogP contribution in [0.25, 0.3) is 0 Å². The number of ether oxygens (including phenoxy) is 5. The minimum Gasteiger partial charge on any atom is -0.454 e. The molecular weight excluding hydrogens is 590 g/mol. The lowest BCUT2D eigenvalue weighted by molar-refractivity contribution is -0.0907. The third kappa shape index (κ3) is 7.82. The second-order valence-corrected chi connectivity index (χ2v) is 14.3. The number of aliphatic hydroxyl groups excluding tert-OH is 1. The van der Waals surface area contributed by atoms with E-state index in [1.807, 2.05) is 44.2 Å². The number of carbonyl (C=O) groups excluding carboxylic acids is 1. The van der Waals surface area contributed by atoms with Gasteiger partial charge in [0, 0.05) is 19.2 Å². The monoisotopic (exact) mass is 633 g/mol. The SMILES string of the molecule is CC(C)(CCCN)CN(C[C@@H](O)[C@H](Cc1ccccc1)NC(=O)O[C@H]1CO[C@H]2OCC[C@H]21)S(=O)(=O)c1ccc2c(c1)OCO2. The quantitative estimate of drug-likeness (QED) is 0.282. The number of benzene rings is 2. The van der Waals surface area contributed by atoms with Gasteiger partial charge in [-0.1, -0.05) is 44.2 Å². The van der Waals surface area contributed by atoms with Gasteiger partial charge in [0.1, 0.15) is 6.10 Å². The van der Waals surface area contributed by atoms with Gasteiger partial charge in [-0.05, 0) is 55.3 Å². The van der Waals surface area contributed by atoms with Gasteiger partial charge in [-0.3, -0.25) is 0 Å². The first-order valence-electron chi connectivity index (χ1n) is 15.1. The molecule has 0 saturated carbocycles. The molecule has 0 bridgehead atoms. The number of nitrogens with one attached hydrogen (secondary N) is 1. The van der Waals surface area contributed by atoms with Crippen molar-refractivity contribution in [3.05, 3.63) is 54.1 Å². The first-order chi connectivity index (χ1) is 21.1. The number of alkyl carbamates (subject to hydrolysis) is 1. The van der Waals surface area contributed by atoms with Gasteiger partial charge in [0.2, 0.25) is 16.8 Å². The van der Waals surface area contributed by atoms with Crippen LogP contribution in [0.3, 0.4) is 0 Å². The van der Waals surface area contributed by atoms with E-state index < -0.39 is 39.8 Å². The summed E-state index contributed by atoms with van der Waals surface area (Å²) in [5.41, 5.74) is 6.17. The number of nitrogens with two attached hydrogens (primary N) is 1. The highest BCUT2D eigenvalue weighted by atomic mass is 32.2. The standard InChI is InChI=1S/C31H43N3O9S/c1-31(2,12-6-13-32)19-34(44(37,38)22-9-10-26-27(16-22)42-20-41-26)17-25(35)24(15-21-7-4-3-5-8-21)33-30(36)43-28-18-40-29-23(28)11-14-39-29/h3-5,7-10,16,23-25,28-29,35H,6,11-15,17-20,32H2,1-2H3,(H,33,36)/t23-,24-,25+,28-,29+/m0/s1. The molecule has 5 rings (SSSR count). The van der Waals surface area contributed by atoms with Crippen LogP contribution in [0.5, 0.6) is 11.5 Å². The maximum atomic E-state index is 14.1. The summed E-state index contributed by atoms with van der Waals surface area (Å²) in [4.78, 5) is 13.2. The summed E-state index contributed by atoms with van der Waals surface area (Å²) in [7, 11) is -4.11. The van der Waals surface area contributed by atoms with Crippen LogP contribution in [0.1, 0.15) is 38.7 Å². The molecule has 3 heterocycles. The molecule has 0 aliphatic carbocycles. The van der Waals surface area contributed by atoms with Crippen molar-refractivity contribution in [3.63, 3.8) is 0 Å². The Balaban J connectivity index is 1.37. The molecule has 2 fully saturated rings. The smallest absolute Gasteiger partial charge is 0.407 e. The van der Waals surface area contributed by atoms with Crippen molar-refractivity contribution < 1.29 is 42.0 Å². The van der Waals surface area contributed by atoms with Crippen molar-refractivity contribution in [1.82, 2.24) is 9.62 Å². The van der Waals surface area contributed by atoms with Gasteiger partial charge in [0.05, 0.1) is 36.2 Å². The number of aliphatic hydroxyl groups is 1. The number of hydrogen-bond acceptors (Lipinski definition) is 10. The van der Waals surface area contributed by atoms with Crippen molar-refractivity contribution in [2.75, 3.05) is 39.6 Å². The highest BCUT2D eigenvalue weighted by Crippen LogP contribution is 2.36. The second-order valence-electron chi connectivity index (χ2n) is 12.3. The van der Waals surface area contributed by atoms with Crippen molar-refractivity contribution in [2.45, 2.75) is 69.0 Å². The van der Waals surface area contributed by atoms with Crippen LogP contribution in [0.15, 0.2) is 53.4 Å². The van der Waals surface area contributed by atoms with Gasteiger partial charge in [0.15, 0.2) is 17.8 Å². The average molecular weight is 634 g/mol. The van der Waals surface area contributed by atoms with Crippen LogP contribution < -0.4 is 20.5 Å². The molecule has 242 valence electrons. The van der Waals surface area contributed by atoms with E-state index in [1.165, 1.54) is 16.4 Å².